The number of rotatable bonds is 7. The lowest BCUT2D eigenvalue weighted by molar-refractivity contribution is -0.118. The van der Waals surface area contributed by atoms with Crippen molar-refractivity contribution in [2.24, 2.45) is 0 Å². The summed E-state index contributed by atoms with van der Waals surface area (Å²) < 4.78 is 16.1. The van der Waals surface area contributed by atoms with Gasteiger partial charge < -0.3 is 19.2 Å². The predicted octanol–water partition coefficient (Wildman–Crippen LogP) is 3.54. The molecular formula is C21H19NO5. The molecule has 0 unspecified atom stereocenters. The van der Waals surface area contributed by atoms with Gasteiger partial charge in [-0.15, -0.1) is 0 Å². The number of nitrogens with one attached hydrogen (secondary N) is 1. The van der Waals surface area contributed by atoms with Crippen molar-refractivity contribution in [2.45, 2.75) is 13.5 Å². The fraction of sp³-hybridized carbons (Fsp3) is 0.143. The van der Waals surface area contributed by atoms with Crippen LogP contribution in [-0.4, -0.2) is 12.5 Å². The molecule has 0 spiro atoms. The fourth-order valence-electron chi connectivity index (χ4n) is 2.38. The number of hydrogen-bond acceptors (Lipinski definition) is 5. The number of hydrogen-bond donors (Lipinski definition) is 1. The van der Waals surface area contributed by atoms with Gasteiger partial charge in [0.1, 0.15) is 18.1 Å². The van der Waals surface area contributed by atoms with E-state index in [1.165, 1.54) is 12.3 Å². The topological polar surface area (TPSA) is 77.8 Å². The molecule has 3 aromatic rings. The molecule has 0 bridgehead atoms. The molecule has 0 aliphatic carbocycles. The van der Waals surface area contributed by atoms with Gasteiger partial charge in [-0.2, -0.15) is 0 Å². The number of anilines is 1. The van der Waals surface area contributed by atoms with Crippen molar-refractivity contribution in [1.82, 2.24) is 0 Å². The fourth-order valence-corrected chi connectivity index (χ4v) is 2.38. The zero-order valence-corrected chi connectivity index (χ0v) is 14.8. The molecule has 3 rings (SSSR count). The molecule has 1 heterocycles. The van der Waals surface area contributed by atoms with E-state index in [2.05, 4.69) is 5.32 Å². The molecule has 0 aliphatic heterocycles. The van der Waals surface area contributed by atoms with Gasteiger partial charge in [-0.1, -0.05) is 30.3 Å². The molecule has 0 fully saturated rings. The maximum absolute atomic E-state index is 12.0. The Morgan fingerprint density at radius 3 is 2.44 bits per heavy atom. The first-order chi connectivity index (χ1) is 13.1. The highest BCUT2D eigenvalue weighted by molar-refractivity contribution is 5.91. The highest BCUT2D eigenvalue weighted by Crippen LogP contribution is 2.17. The summed E-state index contributed by atoms with van der Waals surface area (Å²) in [5.41, 5.74) is 1.35. The molecule has 1 N–H and O–H groups in total. The number of aryl methyl sites for hydroxylation is 1. The van der Waals surface area contributed by atoms with E-state index in [-0.39, 0.29) is 23.7 Å². The van der Waals surface area contributed by atoms with E-state index in [1.54, 1.807) is 31.2 Å². The molecule has 1 aromatic heterocycles. The highest BCUT2D eigenvalue weighted by Gasteiger charge is 2.10. The van der Waals surface area contributed by atoms with Crippen LogP contribution in [0, 0.1) is 6.92 Å². The minimum Gasteiger partial charge on any atom is -0.489 e. The van der Waals surface area contributed by atoms with Gasteiger partial charge in [0, 0.05) is 11.8 Å². The van der Waals surface area contributed by atoms with Crippen LogP contribution in [-0.2, 0) is 11.4 Å². The van der Waals surface area contributed by atoms with Crippen molar-refractivity contribution in [1.29, 1.82) is 0 Å². The second-order valence-corrected chi connectivity index (χ2v) is 5.81. The van der Waals surface area contributed by atoms with Gasteiger partial charge in [-0.05, 0) is 36.8 Å². The summed E-state index contributed by atoms with van der Waals surface area (Å²) in [7, 11) is 0. The average molecular weight is 365 g/mol. The summed E-state index contributed by atoms with van der Waals surface area (Å²) in [5, 5.41) is 2.70. The van der Waals surface area contributed by atoms with Crippen LogP contribution in [0.2, 0.25) is 0 Å². The second-order valence-electron chi connectivity index (χ2n) is 5.81. The lowest BCUT2D eigenvalue weighted by Gasteiger charge is -2.09. The Labute approximate surface area is 156 Å². The molecule has 6 heteroatoms. The first-order valence-corrected chi connectivity index (χ1v) is 8.39. The number of benzene rings is 2. The van der Waals surface area contributed by atoms with Crippen molar-refractivity contribution in [3.05, 3.63) is 88.5 Å². The maximum Gasteiger partial charge on any atom is 0.262 e. The number of carbonyl (C=O) groups excluding carboxylic acids is 1. The number of carbonyl (C=O) groups is 1. The lowest BCUT2D eigenvalue weighted by atomic mass is 10.2. The molecule has 0 saturated heterocycles. The van der Waals surface area contributed by atoms with E-state index in [0.29, 0.717) is 23.8 Å². The molecule has 6 nitrogen and oxygen atoms in total. The van der Waals surface area contributed by atoms with Crippen LogP contribution >= 0.6 is 0 Å². The monoisotopic (exact) mass is 365 g/mol. The Kier molecular flexibility index (Phi) is 5.89. The van der Waals surface area contributed by atoms with Gasteiger partial charge in [-0.25, -0.2) is 0 Å². The second kappa shape index (κ2) is 8.71. The summed E-state index contributed by atoms with van der Waals surface area (Å²) in [6, 6.07) is 18.1. The molecule has 0 radical (unpaired) electrons. The molecule has 0 saturated carbocycles. The van der Waals surface area contributed by atoms with E-state index in [1.807, 2.05) is 30.3 Å². The van der Waals surface area contributed by atoms with Crippen molar-refractivity contribution >= 4 is 11.6 Å². The summed E-state index contributed by atoms with van der Waals surface area (Å²) in [6.45, 7) is 1.78. The van der Waals surface area contributed by atoms with Crippen molar-refractivity contribution in [3.63, 3.8) is 0 Å². The Bertz CT molecular complexity index is 948. The Balaban J connectivity index is 1.50. The smallest absolute Gasteiger partial charge is 0.262 e. The van der Waals surface area contributed by atoms with Crippen molar-refractivity contribution in [2.75, 3.05) is 11.9 Å². The summed E-state index contributed by atoms with van der Waals surface area (Å²) in [4.78, 5) is 23.7. The van der Waals surface area contributed by atoms with Gasteiger partial charge in [0.2, 0.25) is 11.2 Å². The van der Waals surface area contributed by atoms with Crippen molar-refractivity contribution < 1.29 is 18.7 Å². The van der Waals surface area contributed by atoms with E-state index in [4.69, 9.17) is 13.9 Å². The van der Waals surface area contributed by atoms with Crippen molar-refractivity contribution in [3.8, 4) is 11.5 Å². The minimum atomic E-state index is -0.379. The molecule has 0 atom stereocenters. The SMILES string of the molecule is Cc1occc(=O)c1OCC(=O)Nc1ccc(OCc2ccccc2)cc1. The zero-order chi connectivity index (χ0) is 19.1. The third kappa shape index (κ3) is 5.22. The van der Waals surface area contributed by atoms with E-state index in [0.717, 1.165) is 5.56 Å². The lowest BCUT2D eigenvalue weighted by Crippen LogP contribution is -2.22. The Hall–Kier alpha value is -3.54. The van der Waals surface area contributed by atoms with Crippen LogP contribution in [0.3, 0.4) is 0 Å². The molecular weight excluding hydrogens is 346 g/mol. The van der Waals surface area contributed by atoms with Gasteiger partial charge in [0.25, 0.3) is 5.91 Å². The number of amides is 1. The molecule has 27 heavy (non-hydrogen) atoms. The zero-order valence-electron chi connectivity index (χ0n) is 14.8. The standard InChI is InChI=1S/C21H19NO5/c1-15-21(19(23)11-12-25-15)27-14-20(24)22-17-7-9-18(10-8-17)26-13-16-5-3-2-4-6-16/h2-12H,13-14H2,1H3,(H,22,24). The summed E-state index contributed by atoms with van der Waals surface area (Å²) in [5.74, 6) is 0.689. The quantitative estimate of drug-likeness (QED) is 0.693. The summed E-state index contributed by atoms with van der Waals surface area (Å²) in [6.07, 6.45) is 1.28. The summed E-state index contributed by atoms with van der Waals surface area (Å²) >= 11 is 0. The van der Waals surface area contributed by atoms with E-state index < -0.39 is 0 Å². The first kappa shape index (κ1) is 18.3. The van der Waals surface area contributed by atoms with Crippen LogP contribution in [0.5, 0.6) is 11.5 Å². The average Bonchev–Trinajstić information content (AvgIpc) is 2.68. The Morgan fingerprint density at radius 2 is 1.74 bits per heavy atom. The van der Waals surface area contributed by atoms with Gasteiger partial charge in [0.05, 0.1) is 6.26 Å². The van der Waals surface area contributed by atoms with Gasteiger partial charge >= 0.3 is 0 Å². The minimum absolute atomic E-state index is 0.0392. The largest absolute Gasteiger partial charge is 0.489 e. The van der Waals surface area contributed by atoms with E-state index in [9.17, 15) is 9.59 Å². The van der Waals surface area contributed by atoms with Crippen LogP contribution < -0.4 is 20.2 Å². The van der Waals surface area contributed by atoms with Crippen LogP contribution in [0.15, 0.2) is 76.1 Å². The first-order valence-electron chi connectivity index (χ1n) is 8.39. The van der Waals surface area contributed by atoms with Crippen LogP contribution in [0.25, 0.3) is 0 Å². The normalized spacial score (nSPS) is 10.3. The van der Waals surface area contributed by atoms with Gasteiger partial charge in [0.15, 0.2) is 6.61 Å². The number of ether oxygens (including phenoxy) is 2. The Morgan fingerprint density at radius 1 is 1.00 bits per heavy atom. The highest BCUT2D eigenvalue weighted by atomic mass is 16.5. The molecule has 138 valence electrons. The van der Waals surface area contributed by atoms with Crippen LogP contribution in [0.1, 0.15) is 11.3 Å². The molecule has 0 aliphatic rings. The predicted molar refractivity (Wildman–Crippen MR) is 101 cm³/mol. The van der Waals surface area contributed by atoms with Gasteiger partial charge in [-0.3, -0.25) is 9.59 Å². The maximum atomic E-state index is 12.0. The van der Waals surface area contributed by atoms with E-state index >= 15 is 0 Å². The third-order valence-corrected chi connectivity index (χ3v) is 3.74. The molecule has 1 amide bonds. The molecule has 2 aromatic carbocycles. The van der Waals surface area contributed by atoms with Crippen LogP contribution in [0.4, 0.5) is 5.69 Å². The third-order valence-electron chi connectivity index (χ3n) is 3.74.